The van der Waals surface area contributed by atoms with Gasteiger partial charge in [0.05, 0.1) is 14.1 Å². The molecule has 2 rings (SSSR count). The average Bonchev–Trinajstić information content (AvgIpc) is 2.52. The SMILES string of the molecule is C=C=C([C@H](N=Cc1ccccc1)c1ccccc1)[Si](C)(C)C. The molecule has 2 aromatic carbocycles. The molecule has 112 valence electrons. The van der Waals surface area contributed by atoms with Crippen molar-refractivity contribution in [1.29, 1.82) is 0 Å². The second-order valence-electron chi connectivity index (χ2n) is 6.34. The van der Waals surface area contributed by atoms with Gasteiger partial charge in [0.25, 0.3) is 0 Å². The van der Waals surface area contributed by atoms with E-state index < -0.39 is 8.07 Å². The van der Waals surface area contributed by atoms with Gasteiger partial charge >= 0.3 is 0 Å². The van der Waals surface area contributed by atoms with Crippen molar-refractivity contribution in [3.05, 3.63) is 89.3 Å². The third kappa shape index (κ3) is 4.17. The largest absolute Gasteiger partial charge is 0.280 e. The molecule has 0 bridgehead atoms. The summed E-state index contributed by atoms with van der Waals surface area (Å²) in [6, 6.07) is 20.6. The molecule has 0 amide bonds. The van der Waals surface area contributed by atoms with Crippen LogP contribution < -0.4 is 0 Å². The highest BCUT2D eigenvalue weighted by molar-refractivity contribution is 6.83. The Hall–Kier alpha value is -2.15. The summed E-state index contributed by atoms with van der Waals surface area (Å²) in [5, 5.41) is 1.24. The van der Waals surface area contributed by atoms with Crippen LogP contribution >= 0.6 is 0 Å². The summed E-state index contributed by atoms with van der Waals surface area (Å²) in [6.07, 6.45) is 1.95. The Bertz CT molecular complexity index is 675. The number of benzene rings is 2. The van der Waals surface area contributed by atoms with E-state index in [1.165, 1.54) is 10.8 Å². The van der Waals surface area contributed by atoms with E-state index in [4.69, 9.17) is 4.99 Å². The first-order valence-corrected chi connectivity index (χ1v) is 11.1. The molecular formula is C20H23NSi. The summed E-state index contributed by atoms with van der Waals surface area (Å²) in [5.41, 5.74) is 5.50. The first-order chi connectivity index (χ1) is 10.5. The van der Waals surface area contributed by atoms with Gasteiger partial charge in [0.2, 0.25) is 0 Å². The highest BCUT2D eigenvalue weighted by Gasteiger charge is 2.27. The van der Waals surface area contributed by atoms with Crippen LogP contribution in [-0.4, -0.2) is 14.3 Å². The number of hydrogen-bond donors (Lipinski definition) is 0. The lowest BCUT2D eigenvalue weighted by Gasteiger charge is -2.25. The fourth-order valence-electron chi connectivity index (χ4n) is 2.43. The van der Waals surface area contributed by atoms with Gasteiger partial charge in [-0.15, -0.1) is 5.73 Å². The fourth-order valence-corrected chi connectivity index (χ4v) is 4.03. The molecule has 0 aliphatic carbocycles. The normalized spacial score (nSPS) is 12.9. The summed E-state index contributed by atoms with van der Waals surface area (Å²) in [4.78, 5) is 4.87. The molecule has 2 aromatic rings. The summed E-state index contributed by atoms with van der Waals surface area (Å²) in [6.45, 7) is 10.9. The minimum atomic E-state index is -1.54. The maximum absolute atomic E-state index is 4.87. The second-order valence-corrected chi connectivity index (χ2v) is 11.4. The predicted octanol–water partition coefficient (Wildman–Crippen LogP) is 5.44. The first kappa shape index (κ1) is 16.2. The standard InChI is InChI=1S/C20H23NSi/c1-5-19(22(2,3)4)20(18-14-10-7-11-15-18)21-16-17-12-8-6-9-13-17/h6-16,20H,1H2,2-4H3/t20-/m1/s1. The van der Waals surface area contributed by atoms with E-state index >= 15 is 0 Å². The van der Waals surface area contributed by atoms with Gasteiger partial charge in [-0.05, 0) is 16.3 Å². The molecule has 0 saturated carbocycles. The molecule has 0 fully saturated rings. The van der Waals surface area contributed by atoms with Crippen molar-refractivity contribution in [1.82, 2.24) is 0 Å². The van der Waals surface area contributed by atoms with Crippen LogP contribution in [0.25, 0.3) is 0 Å². The molecule has 0 saturated heterocycles. The third-order valence-corrected chi connectivity index (χ3v) is 5.63. The van der Waals surface area contributed by atoms with E-state index in [0.29, 0.717) is 0 Å². The van der Waals surface area contributed by atoms with Crippen LogP contribution in [0.1, 0.15) is 17.2 Å². The van der Waals surface area contributed by atoms with Crippen molar-refractivity contribution < 1.29 is 0 Å². The molecule has 0 heterocycles. The van der Waals surface area contributed by atoms with Gasteiger partial charge in [0, 0.05) is 6.21 Å². The fraction of sp³-hybridized carbons (Fsp3) is 0.200. The summed E-state index contributed by atoms with van der Waals surface area (Å²) in [5.74, 6) is 0. The highest BCUT2D eigenvalue weighted by Crippen LogP contribution is 2.31. The average molecular weight is 305 g/mol. The van der Waals surface area contributed by atoms with Gasteiger partial charge < -0.3 is 0 Å². The molecule has 2 heteroatoms. The molecule has 0 aromatic heterocycles. The van der Waals surface area contributed by atoms with Crippen molar-refractivity contribution in [2.24, 2.45) is 4.99 Å². The van der Waals surface area contributed by atoms with Gasteiger partial charge in [-0.25, -0.2) is 0 Å². The van der Waals surface area contributed by atoms with Gasteiger partial charge in [-0.3, -0.25) is 4.99 Å². The Balaban J connectivity index is 2.43. The van der Waals surface area contributed by atoms with Gasteiger partial charge in [-0.2, -0.15) is 0 Å². The zero-order valence-corrected chi connectivity index (χ0v) is 14.6. The Morgan fingerprint density at radius 3 is 2.05 bits per heavy atom. The number of nitrogens with zero attached hydrogens (tertiary/aromatic N) is 1. The molecule has 0 radical (unpaired) electrons. The van der Waals surface area contributed by atoms with Crippen LogP contribution in [0.3, 0.4) is 0 Å². The van der Waals surface area contributed by atoms with Crippen LogP contribution in [0.4, 0.5) is 0 Å². The van der Waals surface area contributed by atoms with Crippen LogP contribution in [0, 0.1) is 0 Å². The minimum absolute atomic E-state index is 0.00516. The monoisotopic (exact) mass is 305 g/mol. The van der Waals surface area contributed by atoms with Gasteiger partial charge in [0.15, 0.2) is 0 Å². The molecule has 0 aliphatic heterocycles. The maximum atomic E-state index is 4.87. The van der Waals surface area contributed by atoms with Crippen LogP contribution in [0.2, 0.25) is 19.6 Å². The number of hydrogen-bond acceptors (Lipinski definition) is 1. The second kappa shape index (κ2) is 7.21. The Morgan fingerprint density at radius 1 is 1.00 bits per heavy atom. The van der Waals surface area contributed by atoms with E-state index in [1.54, 1.807) is 0 Å². The molecule has 1 atom stereocenters. The molecule has 22 heavy (non-hydrogen) atoms. The first-order valence-electron chi connectivity index (χ1n) is 7.56. The van der Waals surface area contributed by atoms with E-state index in [2.05, 4.69) is 68.3 Å². The van der Waals surface area contributed by atoms with Crippen molar-refractivity contribution in [3.8, 4) is 0 Å². The summed E-state index contributed by atoms with van der Waals surface area (Å²) in [7, 11) is -1.54. The van der Waals surface area contributed by atoms with Crippen LogP contribution in [0.15, 0.2) is 83.2 Å². The smallest absolute Gasteiger partial charge is 0.0996 e. The predicted molar refractivity (Wildman–Crippen MR) is 99.2 cm³/mol. The Labute approximate surface area is 134 Å². The third-order valence-electron chi connectivity index (χ3n) is 3.56. The Kier molecular flexibility index (Phi) is 5.32. The highest BCUT2D eigenvalue weighted by atomic mass is 28.3. The molecule has 0 unspecified atom stereocenters. The van der Waals surface area contributed by atoms with Gasteiger partial charge in [0.1, 0.15) is 0 Å². The van der Waals surface area contributed by atoms with E-state index in [0.717, 1.165) is 5.56 Å². The maximum Gasteiger partial charge on any atom is 0.0996 e. The number of rotatable bonds is 5. The van der Waals surface area contributed by atoms with E-state index in [9.17, 15) is 0 Å². The van der Waals surface area contributed by atoms with Crippen molar-refractivity contribution in [2.45, 2.75) is 25.7 Å². The topological polar surface area (TPSA) is 12.4 Å². The Morgan fingerprint density at radius 2 is 1.55 bits per heavy atom. The molecule has 0 N–H and O–H groups in total. The number of aliphatic imine (C=N–C) groups is 1. The molecular weight excluding hydrogens is 282 g/mol. The zero-order valence-electron chi connectivity index (χ0n) is 13.6. The van der Waals surface area contributed by atoms with Crippen molar-refractivity contribution in [2.75, 3.05) is 0 Å². The van der Waals surface area contributed by atoms with Crippen LogP contribution in [-0.2, 0) is 0 Å². The minimum Gasteiger partial charge on any atom is -0.280 e. The molecule has 1 nitrogen and oxygen atoms in total. The van der Waals surface area contributed by atoms with E-state index in [1.807, 2.05) is 30.5 Å². The summed E-state index contributed by atoms with van der Waals surface area (Å²) >= 11 is 0. The van der Waals surface area contributed by atoms with Crippen molar-refractivity contribution >= 4 is 14.3 Å². The lowest BCUT2D eigenvalue weighted by molar-refractivity contribution is 0.891. The lowest BCUT2D eigenvalue weighted by Crippen LogP contribution is -2.27. The van der Waals surface area contributed by atoms with Gasteiger partial charge in [-0.1, -0.05) is 86.9 Å². The lowest BCUT2D eigenvalue weighted by atomic mass is 10.1. The quantitative estimate of drug-likeness (QED) is 0.396. The van der Waals surface area contributed by atoms with Crippen molar-refractivity contribution in [3.63, 3.8) is 0 Å². The summed E-state index contributed by atoms with van der Waals surface area (Å²) < 4.78 is 0. The zero-order chi connectivity index (χ0) is 16.0. The molecule has 0 spiro atoms. The van der Waals surface area contributed by atoms with E-state index in [-0.39, 0.29) is 6.04 Å². The van der Waals surface area contributed by atoms with Crippen LogP contribution in [0.5, 0.6) is 0 Å². The molecule has 0 aliphatic rings.